The van der Waals surface area contributed by atoms with Crippen LogP contribution in [0.15, 0.2) is 82.2 Å². The molecule has 3 aromatic rings. The second-order valence-electron chi connectivity index (χ2n) is 7.47. The molecule has 1 heterocycles. The Kier molecular flexibility index (Phi) is 5.19. The largest absolute Gasteiger partial charge is 0.264 e. The van der Waals surface area contributed by atoms with Crippen molar-refractivity contribution < 1.29 is 0 Å². The molecule has 0 N–H and O–H groups in total. The fraction of sp³-hybridized carbons (Fsp3) is 0.148. The van der Waals surface area contributed by atoms with E-state index in [0.717, 1.165) is 6.42 Å². The first kappa shape index (κ1) is 18.2. The van der Waals surface area contributed by atoms with E-state index >= 15 is 0 Å². The molecule has 0 saturated heterocycles. The Bertz CT molecular complexity index is 1330. The van der Waals surface area contributed by atoms with Gasteiger partial charge in [0.2, 0.25) is 0 Å². The van der Waals surface area contributed by atoms with E-state index in [0.29, 0.717) is 0 Å². The molecule has 0 amide bonds. The average Bonchev–Trinajstić information content (AvgIpc) is 3.05. The zero-order valence-electron chi connectivity index (χ0n) is 16.3. The van der Waals surface area contributed by atoms with Crippen molar-refractivity contribution in [1.82, 2.24) is 0 Å². The standard InChI is InChI=1S/C18H16.C9H7NS/c1-3-7-15-13(5-1)9-11-18-16-8-4-2-6-14(16)10-12-17(15)18;1-2-4-9-8(3-1)7-10-5-6-11-9/h1,3,5-7,9-10,12H,2,4,8,11H2;1-7H. The molecule has 2 aliphatic carbocycles. The minimum absolute atomic E-state index is 1.10. The van der Waals surface area contributed by atoms with E-state index in [4.69, 9.17) is 0 Å². The summed E-state index contributed by atoms with van der Waals surface area (Å²) in [4.78, 5) is 5.35. The SMILES string of the molecule is C1=CSc2ccccc2C=N1.C1=c2ccc3c(c2CCC1)CC=c1ccccc1=3. The van der Waals surface area contributed by atoms with E-state index in [2.05, 4.69) is 65.7 Å². The second kappa shape index (κ2) is 8.26. The Balaban J connectivity index is 0.000000142. The van der Waals surface area contributed by atoms with E-state index in [1.165, 1.54) is 50.6 Å². The third-order valence-electron chi connectivity index (χ3n) is 5.71. The monoisotopic (exact) mass is 393 g/mol. The van der Waals surface area contributed by atoms with Crippen LogP contribution >= 0.6 is 11.8 Å². The summed E-state index contributed by atoms with van der Waals surface area (Å²) in [7, 11) is 0. The van der Waals surface area contributed by atoms with Crippen molar-refractivity contribution in [2.24, 2.45) is 4.99 Å². The lowest BCUT2D eigenvalue weighted by Gasteiger charge is -2.16. The molecule has 2 heteroatoms. The Hall–Kier alpha value is -2.84. The fourth-order valence-corrected chi connectivity index (χ4v) is 5.00. The molecule has 29 heavy (non-hydrogen) atoms. The third-order valence-corrected chi connectivity index (χ3v) is 6.60. The Morgan fingerprint density at radius 3 is 2.66 bits per heavy atom. The minimum Gasteiger partial charge on any atom is -0.264 e. The maximum Gasteiger partial charge on any atom is 0.0351 e. The summed E-state index contributed by atoms with van der Waals surface area (Å²) in [5, 5.41) is 7.73. The molecule has 3 aromatic carbocycles. The molecule has 1 aliphatic heterocycles. The molecule has 0 radical (unpaired) electrons. The molecule has 0 atom stereocenters. The maximum absolute atomic E-state index is 4.09. The lowest BCUT2D eigenvalue weighted by Crippen LogP contribution is -2.19. The van der Waals surface area contributed by atoms with Gasteiger partial charge in [-0.15, -0.1) is 0 Å². The third kappa shape index (κ3) is 3.73. The number of aliphatic imine (C=N–C) groups is 1. The van der Waals surface area contributed by atoms with Crippen molar-refractivity contribution in [2.75, 3.05) is 0 Å². The lowest BCUT2D eigenvalue weighted by atomic mass is 9.89. The smallest absolute Gasteiger partial charge is 0.0351 e. The highest BCUT2D eigenvalue weighted by Crippen LogP contribution is 2.24. The summed E-state index contributed by atoms with van der Waals surface area (Å²) in [6.45, 7) is 0. The highest BCUT2D eigenvalue weighted by atomic mass is 32.2. The molecular formula is C27H23NS. The normalized spacial score (nSPS) is 15.2. The van der Waals surface area contributed by atoms with Crippen LogP contribution in [0.4, 0.5) is 0 Å². The van der Waals surface area contributed by atoms with Gasteiger partial charge in [-0.05, 0) is 69.2 Å². The number of nitrogens with zero attached hydrogens (tertiary/aromatic N) is 1. The van der Waals surface area contributed by atoms with Gasteiger partial charge in [-0.25, -0.2) is 0 Å². The summed E-state index contributed by atoms with van der Waals surface area (Å²) >= 11 is 1.70. The van der Waals surface area contributed by atoms with Gasteiger partial charge in [-0.2, -0.15) is 0 Å². The van der Waals surface area contributed by atoms with E-state index in [-0.39, 0.29) is 0 Å². The number of benzene rings is 3. The van der Waals surface area contributed by atoms with Crippen molar-refractivity contribution in [3.05, 3.63) is 110 Å². The summed E-state index contributed by atoms with van der Waals surface area (Å²) in [6.07, 6.45) is 13.4. The van der Waals surface area contributed by atoms with Crippen molar-refractivity contribution >= 4 is 30.1 Å². The Labute approximate surface area is 175 Å². The van der Waals surface area contributed by atoms with Gasteiger partial charge < -0.3 is 0 Å². The summed E-state index contributed by atoms with van der Waals surface area (Å²) < 4.78 is 0. The van der Waals surface area contributed by atoms with Crippen molar-refractivity contribution in [1.29, 1.82) is 0 Å². The van der Waals surface area contributed by atoms with Crippen LogP contribution in [-0.4, -0.2) is 6.21 Å². The lowest BCUT2D eigenvalue weighted by molar-refractivity contribution is 0.824. The number of thioether (sulfide) groups is 1. The molecule has 0 fully saturated rings. The van der Waals surface area contributed by atoms with E-state index < -0.39 is 0 Å². The van der Waals surface area contributed by atoms with Crippen molar-refractivity contribution in [3.63, 3.8) is 0 Å². The summed E-state index contributed by atoms with van der Waals surface area (Å²) in [6, 6.07) is 21.6. The van der Waals surface area contributed by atoms with Gasteiger partial charge in [0.25, 0.3) is 0 Å². The second-order valence-corrected chi connectivity index (χ2v) is 8.42. The zero-order chi connectivity index (χ0) is 19.5. The zero-order valence-corrected chi connectivity index (χ0v) is 17.2. The predicted octanol–water partition coefficient (Wildman–Crippen LogP) is 5.11. The molecule has 0 aromatic heterocycles. The first-order valence-corrected chi connectivity index (χ1v) is 11.1. The maximum atomic E-state index is 4.09. The molecule has 0 unspecified atom stereocenters. The molecule has 0 bridgehead atoms. The molecule has 142 valence electrons. The van der Waals surface area contributed by atoms with Crippen LogP contribution < -0.4 is 10.4 Å². The van der Waals surface area contributed by atoms with E-state index in [9.17, 15) is 0 Å². The first-order valence-electron chi connectivity index (χ1n) is 10.2. The Morgan fingerprint density at radius 2 is 1.66 bits per heavy atom. The van der Waals surface area contributed by atoms with Gasteiger partial charge in [0.1, 0.15) is 0 Å². The van der Waals surface area contributed by atoms with Crippen LogP contribution in [0.2, 0.25) is 0 Å². The Morgan fingerprint density at radius 1 is 0.759 bits per heavy atom. The van der Waals surface area contributed by atoms with Gasteiger partial charge in [0.05, 0.1) is 0 Å². The van der Waals surface area contributed by atoms with Gasteiger partial charge in [0.15, 0.2) is 0 Å². The van der Waals surface area contributed by atoms with Crippen molar-refractivity contribution in [2.45, 2.75) is 30.6 Å². The van der Waals surface area contributed by atoms with Gasteiger partial charge >= 0.3 is 0 Å². The molecular weight excluding hydrogens is 370 g/mol. The summed E-state index contributed by atoms with van der Waals surface area (Å²) in [5.74, 6) is 0. The molecule has 3 aliphatic rings. The van der Waals surface area contributed by atoms with Crippen LogP contribution in [0.25, 0.3) is 12.2 Å². The fourth-order valence-electron chi connectivity index (χ4n) is 4.31. The number of hydrogen-bond donors (Lipinski definition) is 0. The first-order chi connectivity index (χ1) is 14.4. The molecule has 6 rings (SSSR count). The number of rotatable bonds is 0. The van der Waals surface area contributed by atoms with Crippen LogP contribution in [0.3, 0.4) is 0 Å². The summed E-state index contributed by atoms with van der Waals surface area (Å²) in [5.41, 5.74) is 4.37. The highest BCUT2D eigenvalue weighted by molar-refractivity contribution is 8.02. The van der Waals surface area contributed by atoms with Crippen LogP contribution in [0.5, 0.6) is 0 Å². The molecule has 0 saturated carbocycles. The van der Waals surface area contributed by atoms with Crippen LogP contribution in [0, 0.1) is 10.4 Å². The topological polar surface area (TPSA) is 12.4 Å². The van der Waals surface area contributed by atoms with E-state index in [1.54, 1.807) is 22.9 Å². The van der Waals surface area contributed by atoms with Gasteiger partial charge in [-0.3, -0.25) is 4.99 Å². The van der Waals surface area contributed by atoms with Crippen LogP contribution in [0.1, 0.15) is 29.5 Å². The molecule has 1 nitrogen and oxygen atoms in total. The highest BCUT2D eigenvalue weighted by Gasteiger charge is 2.10. The quantitative estimate of drug-likeness (QED) is 0.517. The van der Waals surface area contributed by atoms with Crippen LogP contribution in [-0.2, 0) is 12.8 Å². The van der Waals surface area contributed by atoms with E-state index in [1.807, 2.05) is 30.0 Å². The minimum atomic E-state index is 1.10. The predicted molar refractivity (Wildman–Crippen MR) is 124 cm³/mol. The van der Waals surface area contributed by atoms with Crippen molar-refractivity contribution in [3.8, 4) is 0 Å². The molecule has 0 spiro atoms. The van der Waals surface area contributed by atoms with Gasteiger partial charge in [-0.1, -0.05) is 78.5 Å². The average molecular weight is 394 g/mol. The number of hydrogen-bond acceptors (Lipinski definition) is 2. The van der Waals surface area contributed by atoms with Gasteiger partial charge in [0, 0.05) is 22.9 Å². The number of fused-ring (bicyclic) bond motifs is 5.